The van der Waals surface area contributed by atoms with Gasteiger partial charge in [-0.2, -0.15) is 0 Å². The number of piperidine rings is 2. The van der Waals surface area contributed by atoms with Crippen molar-refractivity contribution in [2.45, 2.75) is 112 Å². The summed E-state index contributed by atoms with van der Waals surface area (Å²) >= 11 is 11.9. The molecule has 2 aromatic rings. The summed E-state index contributed by atoms with van der Waals surface area (Å²) in [6.07, 6.45) is 7.30. The van der Waals surface area contributed by atoms with E-state index in [4.69, 9.17) is 32.7 Å². The molecule has 4 aliphatic heterocycles. The van der Waals surface area contributed by atoms with E-state index in [0.29, 0.717) is 21.4 Å². The number of aldehydes is 1. The monoisotopic (exact) mass is 772 g/mol. The molecule has 0 bridgehead atoms. The van der Waals surface area contributed by atoms with Gasteiger partial charge in [0.05, 0.1) is 0 Å². The van der Waals surface area contributed by atoms with Crippen molar-refractivity contribution in [2.75, 3.05) is 52.4 Å². The molecular formula is C42H62Cl2N4O5. The third kappa shape index (κ3) is 13.7. The second kappa shape index (κ2) is 18.2. The Morgan fingerprint density at radius 1 is 0.717 bits per heavy atom. The molecule has 4 heterocycles. The summed E-state index contributed by atoms with van der Waals surface area (Å²) < 4.78 is 10.9. The Hall–Kier alpha value is -2.85. The first-order valence-corrected chi connectivity index (χ1v) is 19.9. The van der Waals surface area contributed by atoms with Crippen molar-refractivity contribution in [1.82, 2.24) is 20.0 Å². The molecule has 2 amide bonds. The molecule has 0 aliphatic carbocycles. The Kier molecular flexibility index (Phi) is 14.7. The average Bonchev–Trinajstić information content (AvgIpc) is 3.66. The summed E-state index contributed by atoms with van der Waals surface area (Å²) in [6, 6.07) is 11.5. The quantitative estimate of drug-likeness (QED) is 0.311. The summed E-state index contributed by atoms with van der Waals surface area (Å²) in [5.74, 6) is 0. The van der Waals surface area contributed by atoms with Gasteiger partial charge in [-0.05, 0) is 165 Å². The third-order valence-electron chi connectivity index (χ3n) is 10.5. The molecule has 0 atom stereocenters. The van der Waals surface area contributed by atoms with Gasteiger partial charge in [0.15, 0.2) is 0 Å². The van der Waals surface area contributed by atoms with E-state index in [1.807, 2.05) is 70.4 Å². The number of nitrogens with zero attached hydrogens (tertiary/aromatic N) is 3. The Bertz CT molecular complexity index is 1500. The maximum Gasteiger partial charge on any atom is 0.410 e. The largest absolute Gasteiger partial charge is 0.444 e. The number of likely N-dealkylation sites (tertiary alicyclic amines) is 3. The normalized spacial score (nSPS) is 19.6. The lowest BCUT2D eigenvalue weighted by molar-refractivity contribution is 0.0103. The van der Waals surface area contributed by atoms with Crippen LogP contribution in [0.4, 0.5) is 9.59 Å². The van der Waals surface area contributed by atoms with Gasteiger partial charge in [-0.3, -0.25) is 9.69 Å². The molecule has 0 radical (unpaired) electrons. The molecule has 4 fully saturated rings. The standard InChI is InChI=1S/C21H31ClN2O2.C13H24N2O2.C8H7ClO/c1-16-11-17(13-18(22)12-16)14-23-8-5-21(15-23)6-9-24(10-7-21)19(25)26-20(2,3)4;1-12(2,3)17-11(16)15-8-5-13(6-9-15)4-7-14-10-13;1-6-2-7(5-10)4-8(9)3-6/h11-13H,5-10,14-15H2,1-4H3;14H,4-10H2,1-3H3;2-5H,1H3. The molecule has 0 unspecified atom stereocenters. The number of amides is 2. The zero-order valence-corrected chi connectivity index (χ0v) is 34.8. The van der Waals surface area contributed by atoms with Gasteiger partial charge in [0, 0.05) is 61.4 Å². The van der Waals surface area contributed by atoms with Crippen LogP contribution in [0.5, 0.6) is 0 Å². The fraction of sp³-hybridized carbons (Fsp3) is 0.643. The second-order valence-electron chi connectivity index (χ2n) is 17.6. The third-order valence-corrected chi connectivity index (χ3v) is 10.9. The van der Waals surface area contributed by atoms with Gasteiger partial charge < -0.3 is 24.6 Å². The number of aryl methyl sites for hydroxylation is 2. The van der Waals surface area contributed by atoms with Crippen LogP contribution in [-0.4, -0.2) is 96.7 Å². The van der Waals surface area contributed by atoms with E-state index in [1.165, 1.54) is 24.0 Å². The first kappa shape index (κ1) is 42.9. The molecule has 4 saturated heterocycles. The average molecular weight is 774 g/mol. The number of hydrogen-bond acceptors (Lipinski definition) is 7. The van der Waals surface area contributed by atoms with Crippen LogP contribution in [0.3, 0.4) is 0 Å². The molecular weight excluding hydrogens is 711 g/mol. The van der Waals surface area contributed by atoms with Crippen molar-refractivity contribution >= 4 is 41.7 Å². The highest BCUT2D eigenvalue weighted by atomic mass is 35.5. The van der Waals surface area contributed by atoms with Crippen LogP contribution in [0.2, 0.25) is 10.0 Å². The van der Waals surface area contributed by atoms with Crippen molar-refractivity contribution in [3.8, 4) is 0 Å². The fourth-order valence-corrected chi connectivity index (χ4v) is 8.38. The van der Waals surface area contributed by atoms with Crippen molar-refractivity contribution in [2.24, 2.45) is 10.8 Å². The summed E-state index contributed by atoms with van der Waals surface area (Å²) in [6.45, 7) is 24.2. The van der Waals surface area contributed by atoms with Gasteiger partial charge in [0.2, 0.25) is 0 Å². The van der Waals surface area contributed by atoms with Gasteiger partial charge in [0.25, 0.3) is 0 Å². The molecule has 0 aromatic heterocycles. The molecule has 0 saturated carbocycles. The lowest BCUT2D eigenvalue weighted by Gasteiger charge is -2.39. The molecule has 2 spiro atoms. The maximum absolute atomic E-state index is 12.3. The predicted molar refractivity (Wildman–Crippen MR) is 214 cm³/mol. The van der Waals surface area contributed by atoms with Crippen LogP contribution in [-0.2, 0) is 16.0 Å². The molecule has 294 valence electrons. The van der Waals surface area contributed by atoms with Crippen molar-refractivity contribution in [3.63, 3.8) is 0 Å². The highest BCUT2D eigenvalue weighted by Gasteiger charge is 2.42. The lowest BCUT2D eigenvalue weighted by Crippen LogP contribution is -2.46. The number of benzene rings is 2. The topological polar surface area (TPSA) is 91.4 Å². The Morgan fingerprint density at radius 3 is 1.66 bits per heavy atom. The number of nitrogens with one attached hydrogen (secondary N) is 1. The number of hydrogen-bond donors (Lipinski definition) is 1. The minimum atomic E-state index is -0.425. The zero-order chi connectivity index (χ0) is 39.0. The molecule has 53 heavy (non-hydrogen) atoms. The zero-order valence-electron chi connectivity index (χ0n) is 33.3. The van der Waals surface area contributed by atoms with Crippen LogP contribution < -0.4 is 5.32 Å². The van der Waals surface area contributed by atoms with Crippen LogP contribution >= 0.6 is 23.2 Å². The highest BCUT2D eigenvalue weighted by Crippen LogP contribution is 2.41. The number of rotatable bonds is 3. The smallest absolute Gasteiger partial charge is 0.410 e. The van der Waals surface area contributed by atoms with E-state index in [9.17, 15) is 14.4 Å². The number of ether oxygens (including phenoxy) is 2. The van der Waals surface area contributed by atoms with Gasteiger partial charge >= 0.3 is 12.2 Å². The highest BCUT2D eigenvalue weighted by molar-refractivity contribution is 6.31. The summed E-state index contributed by atoms with van der Waals surface area (Å²) in [7, 11) is 0. The maximum atomic E-state index is 12.3. The first-order valence-electron chi connectivity index (χ1n) is 19.1. The predicted octanol–water partition coefficient (Wildman–Crippen LogP) is 9.33. The summed E-state index contributed by atoms with van der Waals surface area (Å²) in [5.41, 5.74) is 4.14. The fourth-order valence-electron chi connectivity index (χ4n) is 7.77. The Labute approximate surface area is 328 Å². The molecule has 6 rings (SSSR count). The van der Waals surface area contributed by atoms with Gasteiger partial charge in [-0.15, -0.1) is 0 Å². The Balaban J connectivity index is 0.000000198. The molecule has 11 heteroatoms. The molecule has 4 aliphatic rings. The van der Waals surface area contributed by atoms with Crippen molar-refractivity contribution in [1.29, 1.82) is 0 Å². The van der Waals surface area contributed by atoms with E-state index < -0.39 is 5.60 Å². The van der Waals surface area contributed by atoms with E-state index in [-0.39, 0.29) is 17.8 Å². The number of carbonyl (C=O) groups excluding carboxylic acids is 3. The Morgan fingerprint density at radius 2 is 1.21 bits per heavy atom. The SMILES string of the molecule is CC(C)(C)OC(=O)N1CCC2(CCNC2)CC1.Cc1cc(Cl)cc(C=O)c1.Cc1cc(Cl)cc(CN2CCC3(CCN(C(=O)OC(C)(C)C)CC3)C2)c1. The van der Waals surface area contributed by atoms with E-state index in [1.54, 1.807) is 12.1 Å². The van der Waals surface area contributed by atoms with Gasteiger partial charge in [0.1, 0.15) is 17.5 Å². The van der Waals surface area contributed by atoms with Crippen molar-refractivity contribution in [3.05, 3.63) is 68.7 Å². The van der Waals surface area contributed by atoms with Gasteiger partial charge in [-0.1, -0.05) is 29.3 Å². The van der Waals surface area contributed by atoms with Crippen LogP contribution in [0, 0.1) is 24.7 Å². The summed E-state index contributed by atoms with van der Waals surface area (Å²) in [4.78, 5) is 40.7. The number of carbonyl (C=O) groups is 3. The van der Waals surface area contributed by atoms with Crippen LogP contribution in [0.15, 0.2) is 36.4 Å². The van der Waals surface area contributed by atoms with E-state index in [0.717, 1.165) is 101 Å². The van der Waals surface area contributed by atoms with Crippen LogP contribution in [0.25, 0.3) is 0 Å². The van der Waals surface area contributed by atoms with Crippen LogP contribution in [0.1, 0.15) is 107 Å². The summed E-state index contributed by atoms with van der Waals surface area (Å²) in [5, 5.41) is 4.86. The minimum Gasteiger partial charge on any atom is -0.444 e. The van der Waals surface area contributed by atoms with Gasteiger partial charge in [-0.25, -0.2) is 9.59 Å². The van der Waals surface area contributed by atoms with E-state index >= 15 is 0 Å². The number of halogens is 2. The van der Waals surface area contributed by atoms with Crippen molar-refractivity contribution < 1.29 is 23.9 Å². The molecule has 9 nitrogen and oxygen atoms in total. The lowest BCUT2D eigenvalue weighted by atomic mass is 9.78. The first-order chi connectivity index (χ1) is 24.8. The second-order valence-corrected chi connectivity index (χ2v) is 18.5. The van der Waals surface area contributed by atoms with E-state index in [2.05, 4.69) is 29.3 Å². The molecule has 2 aromatic carbocycles. The minimum absolute atomic E-state index is 0.154. The molecule has 1 N–H and O–H groups in total.